The van der Waals surface area contributed by atoms with Crippen LogP contribution in [0.2, 0.25) is 0 Å². The van der Waals surface area contributed by atoms with Crippen molar-refractivity contribution in [2.24, 2.45) is 0 Å². The van der Waals surface area contributed by atoms with Crippen LogP contribution in [-0.2, 0) is 9.59 Å². The van der Waals surface area contributed by atoms with E-state index in [1.165, 1.54) is 6.92 Å². The Morgan fingerprint density at radius 2 is 2.09 bits per heavy atom. The summed E-state index contributed by atoms with van der Waals surface area (Å²) in [7, 11) is 0. The molecule has 4 heteroatoms. The Morgan fingerprint density at radius 3 is 2.36 bits per heavy atom. The summed E-state index contributed by atoms with van der Waals surface area (Å²) in [5, 5.41) is 10.9. The van der Waals surface area contributed by atoms with E-state index in [-0.39, 0.29) is 18.4 Å². The van der Waals surface area contributed by atoms with Crippen molar-refractivity contribution in [2.75, 3.05) is 0 Å². The molecule has 4 nitrogen and oxygen atoms in total. The summed E-state index contributed by atoms with van der Waals surface area (Å²) in [5.74, 6) is -1.07. The van der Waals surface area contributed by atoms with Crippen molar-refractivity contribution in [3.8, 4) is 0 Å². The lowest BCUT2D eigenvalue weighted by Crippen LogP contribution is -2.34. The molecule has 11 heavy (non-hydrogen) atoms. The Balaban J connectivity index is 3.76. The van der Waals surface area contributed by atoms with Crippen LogP contribution < -0.4 is 5.32 Å². The average molecular weight is 159 g/mol. The molecule has 2 N–H and O–H groups in total. The fourth-order valence-corrected chi connectivity index (χ4v) is 0.796. The molecular weight excluding hydrogens is 146 g/mol. The Kier molecular flexibility index (Phi) is 4.26. The van der Waals surface area contributed by atoms with Gasteiger partial charge in [0.05, 0.1) is 6.42 Å². The van der Waals surface area contributed by atoms with Crippen LogP contribution in [0, 0.1) is 0 Å². The number of aliphatic carboxylic acids is 1. The summed E-state index contributed by atoms with van der Waals surface area (Å²) in [4.78, 5) is 20.7. The third-order valence-corrected chi connectivity index (χ3v) is 1.32. The molecule has 0 fully saturated rings. The monoisotopic (exact) mass is 159 g/mol. The van der Waals surface area contributed by atoms with E-state index in [1.54, 1.807) is 0 Å². The molecule has 0 heterocycles. The van der Waals surface area contributed by atoms with Crippen molar-refractivity contribution < 1.29 is 14.7 Å². The molecule has 0 aliphatic heterocycles. The molecule has 0 aliphatic carbocycles. The zero-order valence-electron chi connectivity index (χ0n) is 6.76. The highest BCUT2D eigenvalue weighted by atomic mass is 16.4. The van der Waals surface area contributed by atoms with E-state index in [2.05, 4.69) is 5.32 Å². The first-order chi connectivity index (χ1) is 5.06. The lowest BCUT2D eigenvalue weighted by Gasteiger charge is -2.12. The lowest BCUT2D eigenvalue weighted by atomic mass is 10.1. The average Bonchev–Trinajstić information content (AvgIpc) is 1.84. The number of amides is 1. The van der Waals surface area contributed by atoms with Crippen molar-refractivity contribution in [1.29, 1.82) is 0 Å². The molecule has 0 radical (unpaired) electrons. The standard InChI is InChI=1S/C7H13NO3/c1-3-6(4-7(10)11)8-5(2)9/h6H,3-4H2,1-2H3,(H,8,9)(H,10,11)/t6-/m0/s1. The molecule has 0 rings (SSSR count). The zero-order valence-corrected chi connectivity index (χ0v) is 6.76. The summed E-state index contributed by atoms with van der Waals surface area (Å²) in [6.45, 7) is 3.22. The smallest absolute Gasteiger partial charge is 0.305 e. The van der Waals surface area contributed by atoms with Crippen molar-refractivity contribution >= 4 is 11.9 Å². The Hall–Kier alpha value is -1.06. The van der Waals surface area contributed by atoms with Gasteiger partial charge < -0.3 is 10.4 Å². The van der Waals surface area contributed by atoms with Gasteiger partial charge in [-0.3, -0.25) is 9.59 Å². The molecule has 0 aromatic carbocycles. The van der Waals surface area contributed by atoms with Gasteiger partial charge in [-0.1, -0.05) is 6.92 Å². The minimum Gasteiger partial charge on any atom is -0.481 e. The molecule has 0 spiro atoms. The summed E-state index contributed by atoms with van der Waals surface area (Å²) in [6.07, 6.45) is 0.641. The van der Waals surface area contributed by atoms with Crippen LogP contribution in [0.5, 0.6) is 0 Å². The largest absolute Gasteiger partial charge is 0.481 e. The highest BCUT2D eigenvalue weighted by Crippen LogP contribution is 1.96. The quantitative estimate of drug-likeness (QED) is 0.623. The maximum absolute atomic E-state index is 10.5. The number of rotatable bonds is 4. The van der Waals surface area contributed by atoms with Crippen LogP contribution in [-0.4, -0.2) is 23.0 Å². The zero-order chi connectivity index (χ0) is 8.85. The molecule has 0 bridgehead atoms. The van der Waals surface area contributed by atoms with Crippen LogP contribution in [0.1, 0.15) is 26.7 Å². The van der Waals surface area contributed by atoms with Gasteiger partial charge >= 0.3 is 5.97 Å². The molecule has 64 valence electrons. The van der Waals surface area contributed by atoms with E-state index in [0.29, 0.717) is 6.42 Å². The normalized spacial score (nSPS) is 12.2. The number of carboxylic acid groups (broad SMARTS) is 1. The van der Waals surface area contributed by atoms with Gasteiger partial charge in [-0.25, -0.2) is 0 Å². The second-order valence-corrected chi connectivity index (χ2v) is 2.40. The number of carboxylic acids is 1. The van der Waals surface area contributed by atoms with Crippen LogP contribution in [0.4, 0.5) is 0 Å². The summed E-state index contributed by atoms with van der Waals surface area (Å²) in [6, 6.07) is -0.231. The first kappa shape index (κ1) is 9.94. The minimum absolute atomic E-state index is 0.00389. The van der Waals surface area contributed by atoms with Crippen LogP contribution in [0.15, 0.2) is 0 Å². The SMILES string of the molecule is CC[C@@H](CC(=O)O)NC(C)=O. The van der Waals surface area contributed by atoms with Crippen LogP contribution in [0.25, 0.3) is 0 Å². The molecule has 1 amide bonds. The topological polar surface area (TPSA) is 66.4 Å². The molecule has 0 unspecified atom stereocenters. The van der Waals surface area contributed by atoms with Gasteiger partial charge in [0.15, 0.2) is 0 Å². The van der Waals surface area contributed by atoms with Crippen molar-refractivity contribution in [1.82, 2.24) is 5.32 Å². The summed E-state index contributed by atoms with van der Waals surface area (Å²) < 4.78 is 0. The Bertz CT molecular complexity index is 140. The molecule has 0 saturated heterocycles. The number of nitrogens with one attached hydrogen (secondary N) is 1. The first-order valence-electron chi connectivity index (χ1n) is 3.55. The fraction of sp³-hybridized carbons (Fsp3) is 0.714. The van der Waals surface area contributed by atoms with Gasteiger partial charge in [-0.15, -0.1) is 0 Å². The molecular formula is C7H13NO3. The highest BCUT2D eigenvalue weighted by molar-refractivity contribution is 5.74. The summed E-state index contributed by atoms with van der Waals surface area (Å²) in [5.41, 5.74) is 0. The molecule has 0 aromatic rings. The fourth-order valence-electron chi connectivity index (χ4n) is 0.796. The van der Waals surface area contributed by atoms with Crippen LogP contribution in [0.3, 0.4) is 0 Å². The second kappa shape index (κ2) is 4.71. The van der Waals surface area contributed by atoms with Gasteiger partial charge in [-0.2, -0.15) is 0 Å². The first-order valence-corrected chi connectivity index (χ1v) is 3.55. The molecule has 0 aliphatic rings. The van der Waals surface area contributed by atoms with Gasteiger partial charge in [0.2, 0.25) is 5.91 Å². The van der Waals surface area contributed by atoms with Gasteiger partial charge in [-0.05, 0) is 6.42 Å². The van der Waals surface area contributed by atoms with E-state index < -0.39 is 5.97 Å². The second-order valence-electron chi connectivity index (χ2n) is 2.40. The van der Waals surface area contributed by atoms with Crippen LogP contribution >= 0.6 is 0 Å². The molecule has 0 saturated carbocycles. The third-order valence-electron chi connectivity index (χ3n) is 1.32. The predicted molar refractivity (Wildman–Crippen MR) is 40.1 cm³/mol. The maximum atomic E-state index is 10.5. The van der Waals surface area contributed by atoms with Gasteiger partial charge in [0.1, 0.15) is 0 Å². The highest BCUT2D eigenvalue weighted by Gasteiger charge is 2.10. The van der Waals surface area contributed by atoms with Gasteiger partial charge in [0, 0.05) is 13.0 Å². The molecule has 1 atom stereocenters. The van der Waals surface area contributed by atoms with Crippen molar-refractivity contribution in [3.63, 3.8) is 0 Å². The maximum Gasteiger partial charge on any atom is 0.305 e. The van der Waals surface area contributed by atoms with Crippen molar-refractivity contribution in [2.45, 2.75) is 32.7 Å². The van der Waals surface area contributed by atoms with Crippen molar-refractivity contribution in [3.05, 3.63) is 0 Å². The minimum atomic E-state index is -0.884. The molecule has 0 aromatic heterocycles. The number of carbonyl (C=O) groups is 2. The Labute approximate surface area is 65.6 Å². The predicted octanol–water partition coefficient (Wildman–Crippen LogP) is 0.376. The van der Waals surface area contributed by atoms with E-state index in [9.17, 15) is 9.59 Å². The number of hydrogen-bond donors (Lipinski definition) is 2. The lowest BCUT2D eigenvalue weighted by molar-refractivity contribution is -0.137. The summed E-state index contributed by atoms with van der Waals surface area (Å²) >= 11 is 0. The third kappa shape index (κ3) is 5.39. The van der Waals surface area contributed by atoms with E-state index >= 15 is 0 Å². The van der Waals surface area contributed by atoms with E-state index in [0.717, 1.165) is 0 Å². The number of hydrogen-bond acceptors (Lipinski definition) is 2. The number of carbonyl (C=O) groups excluding carboxylic acids is 1. The van der Waals surface area contributed by atoms with Gasteiger partial charge in [0.25, 0.3) is 0 Å². The Morgan fingerprint density at radius 1 is 1.55 bits per heavy atom. The van der Waals surface area contributed by atoms with E-state index in [4.69, 9.17) is 5.11 Å². The van der Waals surface area contributed by atoms with E-state index in [1.807, 2.05) is 6.92 Å².